The van der Waals surface area contributed by atoms with Gasteiger partial charge in [0, 0.05) is 35.5 Å². The van der Waals surface area contributed by atoms with Gasteiger partial charge in [-0.15, -0.1) is 11.3 Å². The largest absolute Gasteiger partial charge is 0.356 e. The average molecular weight is 387 g/mol. The van der Waals surface area contributed by atoms with Gasteiger partial charge in [0.15, 0.2) is 5.96 Å². The minimum absolute atomic E-state index is 0.0159. The summed E-state index contributed by atoms with van der Waals surface area (Å²) in [5, 5.41) is 3.31. The highest BCUT2D eigenvalue weighted by Gasteiger charge is 2.53. The summed E-state index contributed by atoms with van der Waals surface area (Å²) >= 11 is 1.28. The molecular weight excluding hydrogens is 356 g/mol. The van der Waals surface area contributed by atoms with Gasteiger partial charge in [-0.05, 0) is 39.8 Å². The molecule has 6 nitrogen and oxygen atoms in total. The molecule has 1 aromatic heterocycles. The zero-order valence-corrected chi connectivity index (χ0v) is 17.6. The van der Waals surface area contributed by atoms with Crippen LogP contribution in [0.15, 0.2) is 21.3 Å². The molecule has 0 bridgehead atoms. The molecule has 0 saturated carbocycles. The fourth-order valence-corrected chi connectivity index (χ4v) is 5.11. The molecule has 2 rings (SSSR count). The molecule has 0 aliphatic carbocycles. The van der Waals surface area contributed by atoms with Gasteiger partial charge in [0.25, 0.3) is 0 Å². The van der Waals surface area contributed by atoms with Crippen molar-refractivity contribution in [3.8, 4) is 0 Å². The lowest BCUT2D eigenvalue weighted by Crippen LogP contribution is -2.72. The second-order valence-corrected chi connectivity index (χ2v) is 10.8. The molecule has 1 aliphatic rings. The Labute approximate surface area is 155 Å². The first-order chi connectivity index (χ1) is 11.5. The summed E-state index contributed by atoms with van der Waals surface area (Å²) in [5.74, 6) is 0.845. The monoisotopic (exact) mass is 386 g/mol. The highest BCUT2D eigenvalue weighted by Crippen LogP contribution is 2.46. The number of guanidine groups is 1. The van der Waals surface area contributed by atoms with Crippen LogP contribution in [0.5, 0.6) is 0 Å². The van der Waals surface area contributed by atoms with Crippen molar-refractivity contribution in [2.24, 2.45) is 10.4 Å². The standard InChI is InChI=1S/C17H30N4O2S2/c1-7-18-15(21-12-16(3,4)17(21,5)6)19-10-11-20-25(22,23)14-9-8-13(2)24-14/h8-9,20H,7,10-12H2,1-6H3,(H,18,19). The van der Waals surface area contributed by atoms with E-state index in [0.29, 0.717) is 10.8 Å². The number of aryl methyl sites for hydroxylation is 1. The van der Waals surface area contributed by atoms with Gasteiger partial charge in [0.2, 0.25) is 10.0 Å². The molecule has 0 spiro atoms. The molecule has 0 atom stereocenters. The van der Waals surface area contributed by atoms with E-state index < -0.39 is 10.0 Å². The first-order valence-electron chi connectivity index (χ1n) is 8.63. The minimum Gasteiger partial charge on any atom is -0.356 e. The quantitative estimate of drug-likeness (QED) is 0.447. The number of aliphatic imine (C=N–C) groups is 1. The van der Waals surface area contributed by atoms with E-state index in [4.69, 9.17) is 0 Å². The number of thiophene rings is 1. The Bertz CT molecular complexity index is 736. The topological polar surface area (TPSA) is 73.8 Å². The predicted octanol–water partition coefficient (Wildman–Crippen LogP) is 2.42. The highest BCUT2D eigenvalue weighted by molar-refractivity contribution is 7.91. The number of likely N-dealkylation sites (tertiary alicyclic amines) is 1. The summed E-state index contributed by atoms with van der Waals surface area (Å²) in [6.07, 6.45) is 0. The Kier molecular flexibility index (Phi) is 5.85. The van der Waals surface area contributed by atoms with Crippen LogP contribution >= 0.6 is 11.3 Å². The summed E-state index contributed by atoms with van der Waals surface area (Å²) in [7, 11) is -3.44. The van der Waals surface area contributed by atoms with E-state index in [9.17, 15) is 8.42 Å². The maximum atomic E-state index is 12.2. The van der Waals surface area contributed by atoms with Crippen LogP contribution in [0.25, 0.3) is 0 Å². The summed E-state index contributed by atoms with van der Waals surface area (Å²) in [5.41, 5.74) is 0.240. The minimum atomic E-state index is -3.44. The molecule has 2 N–H and O–H groups in total. The molecule has 1 saturated heterocycles. The van der Waals surface area contributed by atoms with Crippen LogP contribution in [0, 0.1) is 12.3 Å². The highest BCUT2D eigenvalue weighted by atomic mass is 32.2. The Morgan fingerprint density at radius 2 is 2.00 bits per heavy atom. The number of nitrogens with zero attached hydrogens (tertiary/aromatic N) is 2. The SMILES string of the molecule is CCNC(=NCCNS(=O)(=O)c1ccc(C)s1)N1CC(C)(C)C1(C)C. The van der Waals surface area contributed by atoms with E-state index in [-0.39, 0.29) is 17.5 Å². The summed E-state index contributed by atoms with van der Waals surface area (Å²) in [6, 6.07) is 3.45. The average Bonchev–Trinajstić information content (AvgIpc) is 2.96. The fraction of sp³-hybridized carbons (Fsp3) is 0.706. The lowest BCUT2D eigenvalue weighted by molar-refractivity contribution is -0.0667. The van der Waals surface area contributed by atoms with Crippen LogP contribution in [0.2, 0.25) is 0 Å². The Hall–Kier alpha value is -1.12. The Balaban J connectivity index is 1.97. The third-order valence-electron chi connectivity index (χ3n) is 5.12. The van der Waals surface area contributed by atoms with Gasteiger partial charge in [-0.2, -0.15) is 0 Å². The van der Waals surface area contributed by atoms with Crippen molar-refractivity contribution in [3.63, 3.8) is 0 Å². The van der Waals surface area contributed by atoms with Crippen molar-refractivity contribution in [1.82, 2.24) is 14.9 Å². The van der Waals surface area contributed by atoms with Crippen molar-refractivity contribution < 1.29 is 8.42 Å². The number of hydrogen-bond donors (Lipinski definition) is 2. The number of sulfonamides is 1. The van der Waals surface area contributed by atoms with E-state index in [0.717, 1.165) is 23.9 Å². The lowest BCUT2D eigenvalue weighted by Gasteiger charge is -2.62. The maximum Gasteiger partial charge on any atom is 0.250 e. The van der Waals surface area contributed by atoms with Gasteiger partial charge in [-0.1, -0.05) is 13.8 Å². The zero-order valence-electron chi connectivity index (χ0n) is 16.0. The second-order valence-electron chi connectivity index (χ2n) is 7.53. The summed E-state index contributed by atoms with van der Waals surface area (Å²) in [4.78, 5) is 7.85. The van der Waals surface area contributed by atoms with Gasteiger partial charge in [0.05, 0.1) is 6.54 Å². The third kappa shape index (κ3) is 4.17. The molecule has 142 valence electrons. The molecule has 25 heavy (non-hydrogen) atoms. The second kappa shape index (κ2) is 7.25. The van der Waals surface area contributed by atoms with E-state index >= 15 is 0 Å². The van der Waals surface area contributed by atoms with Crippen LogP contribution < -0.4 is 10.0 Å². The van der Waals surface area contributed by atoms with Gasteiger partial charge in [0.1, 0.15) is 4.21 Å². The lowest BCUT2D eigenvalue weighted by atomic mass is 9.65. The predicted molar refractivity (Wildman–Crippen MR) is 105 cm³/mol. The zero-order chi connectivity index (χ0) is 18.9. The molecular formula is C17H30N4O2S2. The molecule has 0 radical (unpaired) electrons. The Morgan fingerprint density at radius 3 is 2.48 bits per heavy atom. The fourth-order valence-electron chi connectivity index (χ4n) is 2.76. The van der Waals surface area contributed by atoms with Crippen molar-refractivity contribution >= 4 is 27.3 Å². The van der Waals surface area contributed by atoms with E-state index in [1.165, 1.54) is 11.3 Å². The van der Waals surface area contributed by atoms with Gasteiger partial charge >= 0.3 is 0 Å². The van der Waals surface area contributed by atoms with E-state index in [2.05, 4.69) is 47.6 Å². The van der Waals surface area contributed by atoms with Gasteiger partial charge < -0.3 is 10.2 Å². The third-order valence-corrected chi connectivity index (χ3v) is 8.07. The van der Waals surface area contributed by atoms with Crippen molar-refractivity contribution in [1.29, 1.82) is 0 Å². The van der Waals surface area contributed by atoms with Gasteiger partial charge in [-0.25, -0.2) is 13.1 Å². The molecule has 1 aliphatic heterocycles. The smallest absolute Gasteiger partial charge is 0.250 e. The van der Waals surface area contributed by atoms with Crippen LogP contribution in [-0.4, -0.2) is 51.0 Å². The number of nitrogens with one attached hydrogen (secondary N) is 2. The van der Waals surface area contributed by atoms with E-state index in [1.807, 2.05) is 19.9 Å². The summed E-state index contributed by atoms with van der Waals surface area (Å²) < 4.78 is 27.4. The van der Waals surface area contributed by atoms with Crippen LogP contribution in [0.1, 0.15) is 39.5 Å². The van der Waals surface area contributed by atoms with Crippen molar-refractivity contribution in [2.45, 2.75) is 51.3 Å². The molecule has 2 heterocycles. The normalized spacial score (nSPS) is 19.6. The molecule has 8 heteroatoms. The molecule has 1 aromatic rings. The van der Waals surface area contributed by atoms with E-state index in [1.54, 1.807) is 6.07 Å². The molecule has 0 amide bonds. The number of hydrogen-bond acceptors (Lipinski definition) is 4. The van der Waals surface area contributed by atoms with Crippen LogP contribution in [0.4, 0.5) is 0 Å². The van der Waals surface area contributed by atoms with Gasteiger partial charge in [-0.3, -0.25) is 4.99 Å². The first-order valence-corrected chi connectivity index (χ1v) is 10.9. The van der Waals surface area contributed by atoms with Crippen molar-refractivity contribution in [3.05, 3.63) is 17.0 Å². The molecule has 1 fully saturated rings. The van der Waals surface area contributed by atoms with Crippen LogP contribution in [0.3, 0.4) is 0 Å². The first kappa shape index (κ1) is 20.2. The molecule has 0 unspecified atom stereocenters. The van der Waals surface area contributed by atoms with Crippen LogP contribution in [-0.2, 0) is 10.0 Å². The Morgan fingerprint density at radius 1 is 1.32 bits per heavy atom. The summed E-state index contributed by atoms with van der Waals surface area (Å²) in [6.45, 7) is 15.3. The van der Waals surface area contributed by atoms with Crippen molar-refractivity contribution in [2.75, 3.05) is 26.2 Å². The molecule has 0 aromatic carbocycles. The number of rotatable bonds is 6. The maximum absolute atomic E-state index is 12.2.